The summed E-state index contributed by atoms with van der Waals surface area (Å²) >= 11 is 1.49. The molecule has 1 fully saturated rings. The lowest BCUT2D eigenvalue weighted by atomic mass is 9.89. The van der Waals surface area contributed by atoms with Gasteiger partial charge in [-0.25, -0.2) is 4.98 Å². The molecule has 5 rings (SSSR count). The fraction of sp³-hybridized carbons (Fsp3) is 0.381. The van der Waals surface area contributed by atoms with Crippen LogP contribution in [-0.2, 0) is 4.79 Å². The number of aromatic nitrogens is 3. The SMILES string of the molecule is Cc1cc(NC(=O)C2CCCCC2)n(-c2nc(-c3ccc4c(c3)OCO4)cs2)n1. The van der Waals surface area contributed by atoms with E-state index in [1.54, 1.807) is 4.68 Å². The Labute approximate surface area is 172 Å². The van der Waals surface area contributed by atoms with E-state index in [0.29, 0.717) is 10.9 Å². The van der Waals surface area contributed by atoms with E-state index in [2.05, 4.69) is 10.4 Å². The first-order valence-corrected chi connectivity index (χ1v) is 10.8. The van der Waals surface area contributed by atoms with Gasteiger partial charge in [0.05, 0.1) is 11.4 Å². The van der Waals surface area contributed by atoms with E-state index in [1.165, 1.54) is 17.8 Å². The third-order valence-corrected chi connectivity index (χ3v) is 6.22. The second kappa shape index (κ2) is 7.51. The molecule has 0 saturated heterocycles. The molecule has 7 nitrogen and oxygen atoms in total. The summed E-state index contributed by atoms with van der Waals surface area (Å²) in [6, 6.07) is 7.68. The van der Waals surface area contributed by atoms with E-state index in [1.807, 2.05) is 36.6 Å². The van der Waals surface area contributed by atoms with Crippen molar-refractivity contribution in [2.24, 2.45) is 5.92 Å². The highest BCUT2D eigenvalue weighted by atomic mass is 32.1. The van der Waals surface area contributed by atoms with Crippen molar-refractivity contribution >= 4 is 23.1 Å². The number of thiazole rings is 1. The van der Waals surface area contributed by atoms with E-state index in [-0.39, 0.29) is 18.6 Å². The van der Waals surface area contributed by atoms with Crippen LogP contribution in [0.2, 0.25) is 0 Å². The average Bonchev–Trinajstić information content (AvgIpc) is 3.47. The number of amides is 1. The summed E-state index contributed by atoms with van der Waals surface area (Å²) in [6.07, 6.45) is 5.40. The highest BCUT2D eigenvalue weighted by Gasteiger charge is 2.23. The van der Waals surface area contributed by atoms with Gasteiger partial charge in [-0.05, 0) is 38.0 Å². The number of hydrogen-bond donors (Lipinski definition) is 1. The van der Waals surface area contributed by atoms with Crippen LogP contribution in [0, 0.1) is 12.8 Å². The Bertz CT molecular complexity index is 1050. The maximum atomic E-state index is 12.7. The van der Waals surface area contributed by atoms with Crippen molar-refractivity contribution in [3.8, 4) is 27.9 Å². The van der Waals surface area contributed by atoms with Crippen LogP contribution in [-0.4, -0.2) is 27.5 Å². The van der Waals surface area contributed by atoms with Gasteiger partial charge in [0.25, 0.3) is 0 Å². The van der Waals surface area contributed by atoms with Gasteiger partial charge in [-0.2, -0.15) is 9.78 Å². The van der Waals surface area contributed by atoms with Crippen LogP contribution < -0.4 is 14.8 Å². The smallest absolute Gasteiger partial charge is 0.231 e. The minimum atomic E-state index is 0.0819. The molecule has 1 aromatic carbocycles. The first-order valence-electron chi connectivity index (χ1n) is 9.91. The van der Waals surface area contributed by atoms with E-state index in [9.17, 15) is 4.79 Å². The van der Waals surface area contributed by atoms with Gasteiger partial charge in [-0.3, -0.25) is 4.79 Å². The second-order valence-electron chi connectivity index (χ2n) is 7.49. The number of fused-ring (bicyclic) bond motifs is 1. The Balaban J connectivity index is 1.40. The Morgan fingerprint density at radius 2 is 2.00 bits per heavy atom. The number of anilines is 1. The zero-order valence-corrected chi connectivity index (χ0v) is 17.0. The summed E-state index contributed by atoms with van der Waals surface area (Å²) in [5, 5.41) is 10.3. The zero-order valence-electron chi connectivity index (χ0n) is 16.2. The van der Waals surface area contributed by atoms with Gasteiger partial charge in [0.2, 0.25) is 17.8 Å². The summed E-state index contributed by atoms with van der Waals surface area (Å²) in [7, 11) is 0. The number of nitrogens with zero attached hydrogens (tertiary/aromatic N) is 3. The molecule has 1 aliphatic heterocycles. The number of ether oxygens (including phenoxy) is 2. The highest BCUT2D eigenvalue weighted by Crippen LogP contribution is 2.36. The molecule has 3 heterocycles. The number of benzene rings is 1. The van der Waals surface area contributed by atoms with Gasteiger partial charge in [0.1, 0.15) is 5.82 Å². The van der Waals surface area contributed by atoms with Crippen LogP contribution in [0.3, 0.4) is 0 Å². The molecule has 0 radical (unpaired) electrons. The summed E-state index contributed by atoms with van der Waals surface area (Å²) in [4.78, 5) is 17.4. The van der Waals surface area contributed by atoms with Crippen LogP contribution in [0.5, 0.6) is 11.5 Å². The fourth-order valence-corrected chi connectivity index (χ4v) is 4.67. The van der Waals surface area contributed by atoms with Gasteiger partial charge in [-0.15, -0.1) is 11.3 Å². The summed E-state index contributed by atoms with van der Waals surface area (Å²) in [6.45, 7) is 2.16. The number of hydrogen-bond acceptors (Lipinski definition) is 6. The van der Waals surface area contributed by atoms with E-state index in [4.69, 9.17) is 14.5 Å². The van der Waals surface area contributed by atoms with E-state index >= 15 is 0 Å². The number of aryl methyl sites for hydroxylation is 1. The number of rotatable bonds is 4. The van der Waals surface area contributed by atoms with Crippen molar-refractivity contribution < 1.29 is 14.3 Å². The molecule has 1 aliphatic carbocycles. The molecule has 0 unspecified atom stereocenters. The van der Waals surface area contributed by atoms with Crippen molar-refractivity contribution in [1.29, 1.82) is 0 Å². The quantitative estimate of drug-likeness (QED) is 0.683. The van der Waals surface area contributed by atoms with Gasteiger partial charge in [0.15, 0.2) is 11.5 Å². The maximum Gasteiger partial charge on any atom is 0.231 e. The number of nitrogens with one attached hydrogen (secondary N) is 1. The van der Waals surface area contributed by atoms with Crippen LogP contribution in [0.4, 0.5) is 5.82 Å². The lowest BCUT2D eigenvalue weighted by Gasteiger charge is -2.20. The Hall–Kier alpha value is -2.87. The van der Waals surface area contributed by atoms with Gasteiger partial charge in [-0.1, -0.05) is 19.3 Å². The van der Waals surface area contributed by atoms with Crippen LogP contribution in [0.1, 0.15) is 37.8 Å². The molecule has 0 bridgehead atoms. The largest absolute Gasteiger partial charge is 0.454 e. The first kappa shape index (κ1) is 18.2. The molecule has 0 spiro atoms. The molecule has 8 heteroatoms. The molecule has 29 heavy (non-hydrogen) atoms. The van der Waals surface area contributed by atoms with Crippen molar-refractivity contribution in [2.45, 2.75) is 39.0 Å². The lowest BCUT2D eigenvalue weighted by Crippen LogP contribution is -2.25. The molecule has 1 amide bonds. The van der Waals surface area contributed by atoms with Gasteiger partial charge >= 0.3 is 0 Å². The summed E-state index contributed by atoms with van der Waals surface area (Å²) in [5.41, 5.74) is 2.62. The standard InChI is InChI=1S/C21H22N4O3S/c1-13-9-19(23-20(26)14-5-3-2-4-6-14)25(24-13)21-22-16(11-29-21)15-7-8-17-18(10-15)28-12-27-17/h7-11,14H,2-6,12H2,1H3,(H,23,26). The monoisotopic (exact) mass is 410 g/mol. The molecule has 0 atom stereocenters. The van der Waals surface area contributed by atoms with Crippen LogP contribution >= 0.6 is 11.3 Å². The van der Waals surface area contributed by atoms with Crippen molar-refractivity contribution in [3.05, 3.63) is 35.3 Å². The van der Waals surface area contributed by atoms with Crippen molar-refractivity contribution in [1.82, 2.24) is 14.8 Å². The minimum Gasteiger partial charge on any atom is -0.454 e. The number of carbonyl (C=O) groups is 1. The maximum absolute atomic E-state index is 12.7. The normalized spacial score (nSPS) is 16.2. The third-order valence-electron chi connectivity index (χ3n) is 5.40. The molecule has 2 aromatic heterocycles. The predicted molar refractivity (Wildman–Crippen MR) is 111 cm³/mol. The fourth-order valence-electron chi connectivity index (χ4n) is 3.88. The molecular weight excluding hydrogens is 388 g/mol. The Kier molecular flexibility index (Phi) is 4.71. The third kappa shape index (κ3) is 3.60. The van der Waals surface area contributed by atoms with E-state index < -0.39 is 0 Å². The van der Waals surface area contributed by atoms with Crippen LogP contribution in [0.25, 0.3) is 16.4 Å². The Morgan fingerprint density at radius 1 is 1.17 bits per heavy atom. The van der Waals surface area contributed by atoms with Crippen LogP contribution in [0.15, 0.2) is 29.6 Å². The molecule has 1 N–H and O–H groups in total. The first-order chi connectivity index (χ1) is 14.2. The molecular formula is C21H22N4O3S. The Morgan fingerprint density at radius 3 is 2.86 bits per heavy atom. The van der Waals surface area contributed by atoms with Gasteiger partial charge in [0, 0.05) is 22.9 Å². The average molecular weight is 410 g/mol. The second-order valence-corrected chi connectivity index (χ2v) is 8.33. The van der Waals surface area contributed by atoms with Crippen molar-refractivity contribution in [2.75, 3.05) is 12.1 Å². The molecule has 3 aromatic rings. The number of carbonyl (C=O) groups excluding carboxylic acids is 1. The summed E-state index contributed by atoms with van der Waals surface area (Å²) in [5.74, 6) is 2.32. The molecule has 1 saturated carbocycles. The topological polar surface area (TPSA) is 78.3 Å². The zero-order chi connectivity index (χ0) is 19.8. The lowest BCUT2D eigenvalue weighted by molar-refractivity contribution is -0.120. The van der Waals surface area contributed by atoms with Gasteiger partial charge < -0.3 is 14.8 Å². The minimum absolute atomic E-state index is 0.0819. The molecule has 2 aliphatic rings. The molecule has 150 valence electrons. The highest BCUT2D eigenvalue weighted by molar-refractivity contribution is 7.12. The summed E-state index contributed by atoms with van der Waals surface area (Å²) < 4.78 is 12.6. The predicted octanol–water partition coefficient (Wildman–Crippen LogP) is 4.55. The van der Waals surface area contributed by atoms with E-state index in [0.717, 1.165) is 54.1 Å². The van der Waals surface area contributed by atoms with Crippen molar-refractivity contribution in [3.63, 3.8) is 0 Å².